The maximum absolute atomic E-state index is 13.5. The van der Waals surface area contributed by atoms with E-state index in [4.69, 9.17) is 51.1 Å². The quantitative estimate of drug-likeness (QED) is 0.215. The van der Waals surface area contributed by atoms with E-state index in [1.165, 1.54) is 55.6 Å². The molecule has 3 rings (SSSR count). The van der Waals surface area contributed by atoms with Crippen molar-refractivity contribution in [2.45, 2.75) is 0 Å². The second-order valence-electron chi connectivity index (χ2n) is 6.31. The SMILES string of the molecule is COc1ccc(N(C(=O)c2cc(Cl)ccc2Cl)C(=O)c2cc(Cl)ccc2Cl)c([N+](=O)[O-])c1. The topological polar surface area (TPSA) is 89.8 Å². The molecule has 0 saturated heterocycles. The zero-order valence-corrected chi connectivity index (χ0v) is 19.2. The van der Waals surface area contributed by atoms with Gasteiger partial charge in [0.25, 0.3) is 17.5 Å². The smallest absolute Gasteiger partial charge is 0.297 e. The standard InChI is InChI=1S/C21H12Cl4N2O5/c1-32-13-4-7-18(19(10-13)27(30)31)26(20(28)14-8-11(22)2-5-16(14)24)21(29)15-9-12(23)3-6-17(15)25/h2-10H,1H3. The second kappa shape index (κ2) is 9.75. The van der Waals surface area contributed by atoms with Gasteiger partial charge in [0.2, 0.25) is 0 Å². The third-order valence-electron chi connectivity index (χ3n) is 4.34. The molecule has 0 aliphatic heterocycles. The van der Waals surface area contributed by atoms with E-state index in [2.05, 4.69) is 0 Å². The third kappa shape index (κ3) is 4.81. The lowest BCUT2D eigenvalue weighted by molar-refractivity contribution is -0.384. The van der Waals surface area contributed by atoms with Gasteiger partial charge in [-0.2, -0.15) is 0 Å². The van der Waals surface area contributed by atoms with Crippen molar-refractivity contribution in [3.05, 3.63) is 95.9 Å². The van der Waals surface area contributed by atoms with E-state index in [-0.39, 0.29) is 42.7 Å². The van der Waals surface area contributed by atoms with Crippen LogP contribution in [0.3, 0.4) is 0 Å². The Morgan fingerprint density at radius 2 is 1.34 bits per heavy atom. The minimum atomic E-state index is -0.952. The Bertz CT molecular complexity index is 1190. The largest absolute Gasteiger partial charge is 0.496 e. The number of carbonyl (C=O) groups is 2. The fourth-order valence-electron chi connectivity index (χ4n) is 2.84. The van der Waals surface area contributed by atoms with Crippen LogP contribution in [0, 0.1) is 10.1 Å². The van der Waals surface area contributed by atoms with Gasteiger partial charge in [0.1, 0.15) is 11.4 Å². The molecule has 0 aromatic heterocycles. The first kappa shape index (κ1) is 23.8. The number of imide groups is 1. The van der Waals surface area contributed by atoms with Crippen LogP contribution >= 0.6 is 46.4 Å². The molecule has 0 aliphatic carbocycles. The molecule has 0 heterocycles. The minimum absolute atomic E-state index is 0.00874. The highest BCUT2D eigenvalue weighted by Crippen LogP contribution is 2.36. The van der Waals surface area contributed by atoms with Crippen LogP contribution in [0.4, 0.5) is 11.4 Å². The summed E-state index contributed by atoms with van der Waals surface area (Å²) in [6.07, 6.45) is 0. The Labute approximate surface area is 202 Å². The number of carbonyl (C=O) groups excluding carboxylic acids is 2. The number of hydrogen-bond acceptors (Lipinski definition) is 5. The number of nitro benzene ring substituents is 1. The molecule has 0 N–H and O–H groups in total. The molecule has 0 unspecified atom stereocenters. The summed E-state index contributed by atoms with van der Waals surface area (Å²) >= 11 is 24.3. The molecule has 0 fully saturated rings. The van der Waals surface area contributed by atoms with Crippen molar-refractivity contribution in [3.63, 3.8) is 0 Å². The molecule has 164 valence electrons. The Morgan fingerprint density at radius 3 is 1.78 bits per heavy atom. The van der Waals surface area contributed by atoms with Crippen LogP contribution in [-0.4, -0.2) is 23.8 Å². The van der Waals surface area contributed by atoms with E-state index in [0.29, 0.717) is 4.90 Å². The second-order valence-corrected chi connectivity index (χ2v) is 7.99. The normalized spacial score (nSPS) is 10.5. The first-order valence-electron chi connectivity index (χ1n) is 8.75. The summed E-state index contributed by atoms with van der Waals surface area (Å²) in [5.41, 5.74) is -1.16. The van der Waals surface area contributed by atoms with E-state index in [1.54, 1.807) is 0 Å². The minimum Gasteiger partial charge on any atom is -0.496 e. The van der Waals surface area contributed by atoms with E-state index in [1.807, 2.05) is 0 Å². The Balaban J connectivity index is 2.28. The molecule has 11 heteroatoms. The van der Waals surface area contributed by atoms with Gasteiger partial charge < -0.3 is 4.74 Å². The average molecular weight is 514 g/mol. The predicted molar refractivity (Wildman–Crippen MR) is 124 cm³/mol. The summed E-state index contributed by atoms with van der Waals surface area (Å²) < 4.78 is 5.03. The molecule has 0 radical (unpaired) electrons. The highest BCUT2D eigenvalue weighted by atomic mass is 35.5. The molecular weight excluding hydrogens is 502 g/mol. The molecule has 0 bridgehead atoms. The molecule has 0 atom stereocenters. The highest BCUT2D eigenvalue weighted by molar-refractivity contribution is 6.40. The highest BCUT2D eigenvalue weighted by Gasteiger charge is 2.34. The summed E-state index contributed by atoms with van der Waals surface area (Å²) in [5.74, 6) is -1.75. The molecule has 0 aliphatic rings. The maximum atomic E-state index is 13.5. The van der Waals surface area contributed by atoms with Crippen molar-refractivity contribution >= 4 is 69.6 Å². The van der Waals surface area contributed by atoms with Gasteiger partial charge in [0, 0.05) is 10.0 Å². The van der Waals surface area contributed by atoms with Gasteiger partial charge in [0.15, 0.2) is 0 Å². The van der Waals surface area contributed by atoms with Gasteiger partial charge in [0.05, 0.1) is 39.3 Å². The van der Waals surface area contributed by atoms with Gasteiger partial charge in [-0.15, -0.1) is 0 Å². The number of hydrogen-bond donors (Lipinski definition) is 0. The maximum Gasteiger partial charge on any atom is 0.297 e. The zero-order chi connectivity index (χ0) is 23.6. The summed E-state index contributed by atoms with van der Waals surface area (Å²) in [6.45, 7) is 0. The number of ether oxygens (including phenoxy) is 1. The molecule has 0 saturated carbocycles. The number of halogens is 4. The van der Waals surface area contributed by atoms with Gasteiger partial charge >= 0.3 is 0 Å². The lowest BCUT2D eigenvalue weighted by Crippen LogP contribution is -2.38. The van der Waals surface area contributed by atoms with E-state index in [9.17, 15) is 19.7 Å². The Kier molecular flexibility index (Phi) is 7.26. The van der Waals surface area contributed by atoms with E-state index < -0.39 is 22.4 Å². The van der Waals surface area contributed by atoms with Crippen LogP contribution in [0.25, 0.3) is 0 Å². The van der Waals surface area contributed by atoms with Crippen LogP contribution in [0.1, 0.15) is 20.7 Å². The number of nitro groups is 1. The molecular formula is C21H12Cl4N2O5. The fourth-order valence-corrected chi connectivity index (χ4v) is 3.58. The van der Waals surface area contributed by atoms with Crippen LogP contribution < -0.4 is 9.64 Å². The first-order chi connectivity index (χ1) is 15.1. The van der Waals surface area contributed by atoms with Crippen LogP contribution in [0.2, 0.25) is 20.1 Å². The molecule has 0 spiro atoms. The van der Waals surface area contributed by atoms with Crippen LogP contribution in [0.5, 0.6) is 5.75 Å². The summed E-state index contributed by atoms with van der Waals surface area (Å²) in [6, 6.07) is 11.8. The Hall–Kier alpha value is -2.84. The number of methoxy groups -OCH3 is 1. The molecule has 3 aromatic rings. The number of benzene rings is 3. The van der Waals surface area contributed by atoms with Gasteiger partial charge in [-0.1, -0.05) is 46.4 Å². The number of amides is 2. The van der Waals surface area contributed by atoms with Crippen LogP contribution in [-0.2, 0) is 0 Å². The third-order valence-corrected chi connectivity index (χ3v) is 5.47. The molecule has 2 amide bonds. The summed E-state index contributed by atoms with van der Waals surface area (Å²) in [5, 5.41) is 12.1. The van der Waals surface area contributed by atoms with Crippen molar-refractivity contribution in [3.8, 4) is 5.75 Å². The lowest BCUT2D eigenvalue weighted by Gasteiger charge is -2.22. The van der Waals surface area contributed by atoms with Crippen molar-refractivity contribution in [1.82, 2.24) is 0 Å². The van der Waals surface area contributed by atoms with Crippen molar-refractivity contribution in [1.29, 1.82) is 0 Å². The number of nitrogens with zero attached hydrogens (tertiary/aromatic N) is 2. The van der Waals surface area contributed by atoms with Gasteiger partial charge in [-0.25, -0.2) is 4.90 Å². The lowest BCUT2D eigenvalue weighted by atomic mass is 10.1. The summed E-state index contributed by atoms with van der Waals surface area (Å²) in [7, 11) is 1.32. The average Bonchev–Trinajstić information content (AvgIpc) is 2.77. The summed E-state index contributed by atoms with van der Waals surface area (Å²) in [4.78, 5) is 38.6. The van der Waals surface area contributed by atoms with Gasteiger partial charge in [-0.05, 0) is 48.5 Å². The fraction of sp³-hybridized carbons (Fsp3) is 0.0476. The predicted octanol–water partition coefficient (Wildman–Crippen LogP) is 6.70. The first-order valence-corrected chi connectivity index (χ1v) is 10.3. The molecule has 3 aromatic carbocycles. The number of anilines is 1. The van der Waals surface area contributed by atoms with Gasteiger partial charge in [-0.3, -0.25) is 19.7 Å². The zero-order valence-electron chi connectivity index (χ0n) is 16.1. The van der Waals surface area contributed by atoms with Crippen molar-refractivity contribution < 1.29 is 19.2 Å². The van der Waals surface area contributed by atoms with Crippen LogP contribution in [0.15, 0.2) is 54.6 Å². The van der Waals surface area contributed by atoms with Crippen molar-refractivity contribution in [2.24, 2.45) is 0 Å². The van der Waals surface area contributed by atoms with E-state index >= 15 is 0 Å². The van der Waals surface area contributed by atoms with Crippen molar-refractivity contribution in [2.75, 3.05) is 12.0 Å². The number of rotatable bonds is 5. The monoisotopic (exact) mass is 512 g/mol. The van der Waals surface area contributed by atoms with E-state index in [0.717, 1.165) is 6.07 Å². The molecule has 32 heavy (non-hydrogen) atoms. The molecule has 7 nitrogen and oxygen atoms in total. The Morgan fingerprint density at radius 1 is 0.844 bits per heavy atom.